The van der Waals surface area contributed by atoms with Gasteiger partial charge in [-0.25, -0.2) is 0 Å². The van der Waals surface area contributed by atoms with Crippen LogP contribution in [-0.4, -0.2) is 0 Å². The predicted molar refractivity (Wildman–Crippen MR) is 296 cm³/mol. The molecule has 1 aliphatic carbocycles. The second-order valence-electron chi connectivity index (χ2n) is 21.3. The molecule has 0 saturated heterocycles. The van der Waals surface area contributed by atoms with Crippen LogP contribution >= 0.6 is 22.6 Å². The Kier molecular flexibility index (Phi) is 11.9. The molecule has 0 radical (unpaired) electrons. The molecule has 8 aromatic carbocycles. The van der Waals surface area contributed by atoms with Crippen LogP contribution in [0.3, 0.4) is 0 Å². The van der Waals surface area contributed by atoms with E-state index < -0.39 is 5.41 Å². The lowest BCUT2D eigenvalue weighted by molar-refractivity contribution is 0.589. The van der Waals surface area contributed by atoms with Crippen LogP contribution in [0.1, 0.15) is 114 Å². The number of nitrogens with zero attached hydrogens (tertiary/aromatic N) is 2. The molecule has 3 heteroatoms. The van der Waals surface area contributed by atoms with Crippen LogP contribution in [0.25, 0.3) is 11.1 Å². The van der Waals surface area contributed by atoms with E-state index in [1.54, 1.807) is 0 Å². The van der Waals surface area contributed by atoms with Gasteiger partial charge in [-0.3, -0.25) is 0 Å². The molecule has 0 fully saturated rings. The summed E-state index contributed by atoms with van der Waals surface area (Å²) >= 11 is 2.45. The first-order valence-corrected chi connectivity index (χ1v) is 24.9. The smallest absolute Gasteiger partial charge is 0.0715 e. The van der Waals surface area contributed by atoms with Gasteiger partial charge in [0.05, 0.1) is 16.8 Å². The van der Waals surface area contributed by atoms with Gasteiger partial charge in [0.2, 0.25) is 0 Å². The van der Waals surface area contributed by atoms with Crippen molar-refractivity contribution in [2.75, 3.05) is 9.80 Å². The lowest BCUT2D eigenvalue weighted by Gasteiger charge is -2.36. The van der Waals surface area contributed by atoms with Crippen LogP contribution in [0, 0.1) is 52.0 Å². The SMILES string of the molecule is Cc1ccc(N(c2ccc3c(c2)C(c2ccc(C)cc2)(c2ccc(I)cc2)c2cc(N(c4ccc(C(C)(C)C)cc4)c4c(C)cc(C(C)(C)C)cc4C)ccc2-3)c2c(C)cc(C)cc2C)cc1. The van der Waals surface area contributed by atoms with E-state index in [1.165, 1.54) is 98.4 Å². The van der Waals surface area contributed by atoms with Crippen molar-refractivity contribution in [1.82, 2.24) is 0 Å². The van der Waals surface area contributed by atoms with Gasteiger partial charge in [0.1, 0.15) is 0 Å². The molecular weight excluding hydrogens is 924 g/mol. The highest BCUT2D eigenvalue weighted by atomic mass is 127. The Morgan fingerprint density at radius 2 is 0.716 bits per heavy atom. The first-order valence-electron chi connectivity index (χ1n) is 23.9. The van der Waals surface area contributed by atoms with Crippen molar-refractivity contribution >= 4 is 56.7 Å². The van der Waals surface area contributed by atoms with Crippen LogP contribution in [-0.2, 0) is 16.2 Å². The second kappa shape index (κ2) is 17.3. The maximum Gasteiger partial charge on any atom is 0.0715 e. The fourth-order valence-corrected chi connectivity index (χ4v) is 11.1. The first-order chi connectivity index (χ1) is 31.7. The van der Waals surface area contributed by atoms with Gasteiger partial charge in [-0.05, 0) is 209 Å². The maximum absolute atomic E-state index is 2.52. The normalized spacial score (nSPS) is 14.5. The third kappa shape index (κ3) is 8.32. The van der Waals surface area contributed by atoms with Crippen molar-refractivity contribution in [3.05, 3.63) is 234 Å². The molecule has 0 aliphatic heterocycles. The summed E-state index contributed by atoms with van der Waals surface area (Å²) in [5.74, 6) is 0. The minimum atomic E-state index is -0.646. The first kappa shape index (κ1) is 46.2. The van der Waals surface area contributed by atoms with E-state index in [0.717, 1.165) is 22.7 Å². The van der Waals surface area contributed by atoms with Crippen molar-refractivity contribution in [2.45, 2.75) is 106 Å². The number of hydrogen-bond donors (Lipinski definition) is 0. The third-order valence-electron chi connectivity index (χ3n) is 14.1. The zero-order chi connectivity index (χ0) is 47.7. The molecule has 0 spiro atoms. The Balaban J connectivity index is 1.36. The van der Waals surface area contributed by atoms with E-state index in [2.05, 4.69) is 280 Å². The maximum atomic E-state index is 2.52. The summed E-state index contributed by atoms with van der Waals surface area (Å²) < 4.78 is 1.21. The van der Waals surface area contributed by atoms with Crippen LogP contribution in [0.5, 0.6) is 0 Å². The fourth-order valence-electron chi connectivity index (χ4n) is 10.8. The Hall–Kier alpha value is -5.91. The number of rotatable bonds is 8. The number of hydrogen-bond acceptors (Lipinski definition) is 2. The lowest BCUT2D eigenvalue weighted by atomic mass is 9.67. The third-order valence-corrected chi connectivity index (χ3v) is 14.8. The van der Waals surface area contributed by atoms with Gasteiger partial charge in [0.25, 0.3) is 0 Å². The molecule has 1 unspecified atom stereocenters. The number of benzene rings is 8. The van der Waals surface area contributed by atoms with Gasteiger partial charge in [-0.2, -0.15) is 0 Å². The summed E-state index contributed by atoms with van der Waals surface area (Å²) in [5, 5.41) is 0. The Morgan fingerprint density at radius 3 is 1.13 bits per heavy atom. The van der Waals surface area contributed by atoms with Gasteiger partial charge in [0, 0.05) is 26.3 Å². The van der Waals surface area contributed by atoms with E-state index in [0.29, 0.717) is 0 Å². The van der Waals surface area contributed by atoms with E-state index >= 15 is 0 Å². The highest BCUT2D eigenvalue weighted by Gasteiger charge is 2.47. The van der Waals surface area contributed by atoms with Gasteiger partial charge in [-0.15, -0.1) is 0 Å². The molecule has 1 aliphatic rings. The van der Waals surface area contributed by atoms with E-state index in [-0.39, 0.29) is 10.8 Å². The minimum Gasteiger partial charge on any atom is -0.310 e. The van der Waals surface area contributed by atoms with E-state index in [1.807, 2.05) is 0 Å². The van der Waals surface area contributed by atoms with Crippen molar-refractivity contribution in [2.24, 2.45) is 0 Å². The van der Waals surface area contributed by atoms with Crippen LogP contribution in [0.15, 0.2) is 158 Å². The predicted octanol–water partition coefficient (Wildman–Crippen LogP) is 18.3. The van der Waals surface area contributed by atoms with Crippen LogP contribution in [0.2, 0.25) is 0 Å². The molecule has 0 N–H and O–H groups in total. The standard InChI is InChI=1S/C64H65IN2/c1-40-14-18-48(19-15-40)64(49-20-24-51(65)25-21-49)58-38-54(66(52-26-16-41(2)17-27-52)60-43(4)34-42(3)35-44(60)5)30-32-56(58)57-33-31-55(39-59(57)64)67(53-28-22-47(23-29-53)62(8,9)10)61-45(6)36-50(37-46(61)7)63(11,12)13/h14-39H,1-13H3. The Morgan fingerprint density at radius 1 is 0.358 bits per heavy atom. The molecule has 2 nitrogen and oxygen atoms in total. The van der Waals surface area contributed by atoms with E-state index in [9.17, 15) is 0 Å². The number of fused-ring (bicyclic) bond motifs is 3. The highest BCUT2D eigenvalue weighted by Crippen LogP contribution is 2.59. The quantitative estimate of drug-likeness (QED) is 0.140. The number of anilines is 6. The summed E-state index contributed by atoms with van der Waals surface area (Å²) in [6.45, 7) is 29.5. The zero-order valence-corrected chi connectivity index (χ0v) is 43.9. The second-order valence-corrected chi connectivity index (χ2v) is 22.6. The number of aryl methyl sites for hydroxylation is 7. The topological polar surface area (TPSA) is 6.48 Å². The molecule has 0 aromatic heterocycles. The Bertz CT molecular complexity index is 3050. The molecule has 0 heterocycles. The minimum absolute atomic E-state index is 0.0262. The molecule has 0 amide bonds. The molecule has 67 heavy (non-hydrogen) atoms. The average molecular weight is 989 g/mol. The molecule has 0 bridgehead atoms. The molecule has 0 saturated carbocycles. The summed E-state index contributed by atoms with van der Waals surface area (Å²) in [6.07, 6.45) is 0. The molecule has 8 aromatic rings. The molecule has 1 atom stereocenters. The van der Waals surface area contributed by atoms with E-state index in [4.69, 9.17) is 0 Å². The molecular formula is C64H65IN2. The highest BCUT2D eigenvalue weighted by molar-refractivity contribution is 14.1. The molecule has 9 rings (SSSR count). The van der Waals surface area contributed by atoms with Crippen molar-refractivity contribution in [3.8, 4) is 11.1 Å². The van der Waals surface area contributed by atoms with Crippen molar-refractivity contribution in [1.29, 1.82) is 0 Å². The summed E-state index contributed by atoms with van der Waals surface area (Å²) in [6, 6.07) is 60.9. The van der Waals surface area contributed by atoms with Gasteiger partial charge >= 0.3 is 0 Å². The van der Waals surface area contributed by atoms with Crippen LogP contribution < -0.4 is 9.80 Å². The van der Waals surface area contributed by atoms with Crippen molar-refractivity contribution in [3.63, 3.8) is 0 Å². The Labute approximate surface area is 414 Å². The monoisotopic (exact) mass is 988 g/mol. The van der Waals surface area contributed by atoms with Gasteiger partial charge in [-0.1, -0.05) is 155 Å². The summed E-state index contributed by atoms with van der Waals surface area (Å²) in [5.41, 5.74) is 25.5. The average Bonchev–Trinajstić information content (AvgIpc) is 3.56. The fraction of sp³-hybridized carbons (Fsp3) is 0.250. The lowest BCUT2D eigenvalue weighted by Crippen LogP contribution is -2.29. The largest absolute Gasteiger partial charge is 0.310 e. The van der Waals surface area contributed by atoms with Crippen molar-refractivity contribution < 1.29 is 0 Å². The number of halogens is 1. The summed E-state index contributed by atoms with van der Waals surface area (Å²) in [4.78, 5) is 5.01. The van der Waals surface area contributed by atoms with Crippen LogP contribution in [0.4, 0.5) is 34.1 Å². The summed E-state index contributed by atoms with van der Waals surface area (Å²) in [7, 11) is 0. The molecule has 338 valence electrons. The van der Waals surface area contributed by atoms with Gasteiger partial charge < -0.3 is 9.80 Å². The zero-order valence-electron chi connectivity index (χ0n) is 41.8. The van der Waals surface area contributed by atoms with Gasteiger partial charge in [0.15, 0.2) is 0 Å².